The molecule has 1 fully saturated rings. The molecule has 27 heavy (non-hydrogen) atoms. The number of halogens is 1. The Kier molecular flexibility index (Phi) is 4.81. The molecule has 1 saturated heterocycles. The highest BCUT2D eigenvalue weighted by Gasteiger charge is 2.39. The maximum Gasteiger partial charge on any atom is 0.321 e. The number of benzene rings is 2. The van der Waals surface area contributed by atoms with Crippen molar-refractivity contribution in [1.82, 2.24) is 10.4 Å². The van der Waals surface area contributed by atoms with Crippen LogP contribution in [0.2, 0.25) is 5.02 Å². The van der Waals surface area contributed by atoms with Crippen molar-refractivity contribution in [3.8, 4) is 0 Å². The number of anilines is 1. The van der Waals surface area contributed by atoms with E-state index in [2.05, 4.69) is 48.1 Å². The van der Waals surface area contributed by atoms with E-state index in [9.17, 15) is 4.79 Å². The van der Waals surface area contributed by atoms with Crippen molar-refractivity contribution in [1.29, 1.82) is 0 Å². The average Bonchev–Trinajstić information content (AvgIpc) is 3.08. The maximum atomic E-state index is 12.5. The van der Waals surface area contributed by atoms with E-state index in [1.165, 1.54) is 5.56 Å². The van der Waals surface area contributed by atoms with Crippen molar-refractivity contribution >= 4 is 29.0 Å². The largest absolute Gasteiger partial charge is 0.324 e. The van der Waals surface area contributed by atoms with Gasteiger partial charge in [-0.05, 0) is 42.8 Å². The maximum absolute atomic E-state index is 12.5. The van der Waals surface area contributed by atoms with Crippen molar-refractivity contribution < 1.29 is 9.63 Å². The Hall–Kier alpha value is -2.50. The fraction of sp³-hybridized carbons (Fsp3) is 0.286. The summed E-state index contributed by atoms with van der Waals surface area (Å²) in [7, 11) is 0. The Morgan fingerprint density at radius 1 is 1.11 bits per heavy atom. The van der Waals surface area contributed by atoms with Crippen LogP contribution in [0.25, 0.3) is 5.70 Å². The van der Waals surface area contributed by atoms with Crippen molar-refractivity contribution in [3.63, 3.8) is 0 Å². The van der Waals surface area contributed by atoms with Gasteiger partial charge in [-0.25, -0.2) is 4.79 Å². The van der Waals surface area contributed by atoms with Crippen LogP contribution in [0.15, 0.2) is 54.6 Å². The molecule has 5 nitrogen and oxygen atoms in total. The van der Waals surface area contributed by atoms with E-state index >= 15 is 0 Å². The lowest BCUT2D eigenvalue weighted by Gasteiger charge is -2.36. The zero-order chi connectivity index (χ0) is 18.9. The summed E-state index contributed by atoms with van der Waals surface area (Å²) in [6, 6.07) is 15.4. The highest BCUT2D eigenvalue weighted by molar-refractivity contribution is 6.30. The summed E-state index contributed by atoms with van der Waals surface area (Å²) in [5, 5.41) is 3.56. The summed E-state index contributed by atoms with van der Waals surface area (Å²) in [6.07, 6.45) is 3.67. The van der Waals surface area contributed by atoms with Gasteiger partial charge in [-0.2, -0.15) is 0 Å². The van der Waals surface area contributed by atoms with Crippen LogP contribution in [-0.4, -0.2) is 29.6 Å². The predicted molar refractivity (Wildman–Crippen MR) is 107 cm³/mol. The third-order valence-electron chi connectivity index (χ3n) is 5.13. The second-order valence-corrected chi connectivity index (χ2v) is 7.55. The average molecular weight is 384 g/mol. The molecule has 140 valence electrons. The Morgan fingerprint density at radius 3 is 2.44 bits per heavy atom. The summed E-state index contributed by atoms with van der Waals surface area (Å²) in [4.78, 5) is 20.2. The van der Waals surface area contributed by atoms with Crippen LogP contribution >= 0.6 is 11.6 Å². The fourth-order valence-electron chi connectivity index (χ4n) is 3.42. The van der Waals surface area contributed by atoms with E-state index in [4.69, 9.17) is 16.4 Å². The third kappa shape index (κ3) is 3.94. The van der Waals surface area contributed by atoms with Crippen LogP contribution in [0.3, 0.4) is 0 Å². The normalized spacial score (nSPS) is 18.1. The lowest BCUT2D eigenvalue weighted by molar-refractivity contribution is -0.0634. The van der Waals surface area contributed by atoms with Gasteiger partial charge >= 0.3 is 6.03 Å². The van der Waals surface area contributed by atoms with Crippen LogP contribution in [0.4, 0.5) is 10.5 Å². The molecule has 4 rings (SSSR count). The number of hydrogen-bond acceptors (Lipinski definition) is 3. The SMILES string of the molecule is Cc1ccc(C2=CC3(CCN(C(=O)Nc4ccc(Cl)cc4)CC3)ON2)cc1. The van der Waals surface area contributed by atoms with Gasteiger partial charge in [-0.3, -0.25) is 10.3 Å². The number of nitrogens with zero attached hydrogens (tertiary/aromatic N) is 1. The number of rotatable bonds is 2. The van der Waals surface area contributed by atoms with Gasteiger partial charge in [-0.15, -0.1) is 0 Å². The van der Waals surface area contributed by atoms with Crippen LogP contribution in [0, 0.1) is 6.92 Å². The zero-order valence-electron chi connectivity index (χ0n) is 15.2. The molecule has 1 spiro atoms. The molecular weight excluding hydrogens is 362 g/mol. The minimum absolute atomic E-state index is 0.0964. The Labute approximate surface area is 163 Å². The second kappa shape index (κ2) is 7.25. The second-order valence-electron chi connectivity index (χ2n) is 7.12. The number of aryl methyl sites for hydroxylation is 1. The Morgan fingerprint density at radius 2 is 1.78 bits per heavy atom. The third-order valence-corrected chi connectivity index (χ3v) is 5.38. The summed E-state index contributed by atoms with van der Waals surface area (Å²) in [5.41, 5.74) is 6.80. The standard InChI is InChI=1S/C21H22ClN3O2/c1-15-2-4-16(5-3-15)19-14-21(27-24-19)10-12-25(13-11-21)20(26)23-18-8-6-17(22)7-9-18/h2-9,14,24H,10-13H2,1H3,(H,23,26). The van der Waals surface area contributed by atoms with Crippen molar-refractivity contribution in [2.75, 3.05) is 18.4 Å². The number of urea groups is 1. The molecule has 2 aliphatic heterocycles. The molecule has 0 aliphatic carbocycles. The monoisotopic (exact) mass is 383 g/mol. The fourth-order valence-corrected chi connectivity index (χ4v) is 3.55. The quantitative estimate of drug-likeness (QED) is 0.797. The lowest BCUT2D eigenvalue weighted by Crippen LogP contribution is -2.48. The molecule has 2 amide bonds. The smallest absolute Gasteiger partial charge is 0.321 e. The number of amides is 2. The summed E-state index contributed by atoms with van der Waals surface area (Å²) in [6.45, 7) is 3.35. The summed E-state index contributed by atoms with van der Waals surface area (Å²) >= 11 is 5.88. The van der Waals surface area contributed by atoms with Gasteiger partial charge in [0.05, 0.1) is 5.70 Å². The van der Waals surface area contributed by atoms with Gasteiger partial charge in [0.1, 0.15) is 5.60 Å². The number of hydrogen-bond donors (Lipinski definition) is 2. The first-order valence-corrected chi connectivity index (χ1v) is 9.46. The van der Waals surface area contributed by atoms with Crippen molar-refractivity contribution in [2.45, 2.75) is 25.4 Å². The molecule has 0 unspecified atom stereocenters. The van der Waals surface area contributed by atoms with Crippen LogP contribution < -0.4 is 10.8 Å². The molecule has 2 aliphatic rings. The summed E-state index contributed by atoms with van der Waals surface area (Å²) in [5.74, 6) is 0. The van der Waals surface area contributed by atoms with Gasteiger partial charge in [0.2, 0.25) is 0 Å². The molecule has 0 radical (unpaired) electrons. The Balaban J connectivity index is 1.37. The summed E-state index contributed by atoms with van der Waals surface area (Å²) < 4.78 is 0. The number of carbonyl (C=O) groups excluding carboxylic acids is 1. The zero-order valence-corrected chi connectivity index (χ0v) is 15.9. The van der Waals surface area contributed by atoms with Crippen LogP contribution in [0.5, 0.6) is 0 Å². The molecular formula is C21H22ClN3O2. The van der Waals surface area contributed by atoms with Crippen molar-refractivity contribution in [2.24, 2.45) is 0 Å². The minimum atomic E-state index is -0.350. The number of nitrogens with one attached hydrogen (secondary N) is 2. The molecule has 6 heteroatoms. The van der Waals surface area contributed by atoms with E-state index in [1.54, 1.807) is 24.3 Å². The Bertz CT molecular complexity index is 854. The van der Waals surface area contributed by atoms with Gasteiger partial charge in [-0.1, -0.05) is 41.4 Å². The number of hydroxylamine groups is 1. The van der Waals surface area contributed by atoms with Gasteiger partial charge in [0.15, 0.2) is 0 Å². The van der Waals surface area contributed by atoms with Gasteiger partial charge in [0.25, 0.3) is 0 Å². The topological polar surface area (TPSA) is 53.6 Å². The molecule has 2 aromatic rings. The first-order valence-electron chi connectivity index (χ1n) is 9.08. The number of carbonyl (C=O) groups is 1. The molecule has 2 N–H and O–H groups in total. The number of likely N-dealkylation sites (tertiary alicyclic amines) is 1. The predicted octanol–water partition coefficient (Wildman–Crippen LogP) is 4.59. The molecule has 2 heterocycles. The van der Waals surface area contributed by atoms with E-state index in [0.717, 1.165) is 29.8 Å². The van der Waals surface area contributed by atoms with Gasteiger partial charge in [0, 0.05) is 36.6 Å². The number of piperidine rings is 1. The van der Waals surface area contributed by atoms with E-state index in [1.807, 2.05) is 4.90 Å². The molecule has 0 atom stereocenters. The lowest BCUT2D eigenvalue weighted by atomic mass is 9.90. The molecule has 0 saturated carbocycles. The highest BCUT2D eigenvalue weighted by Crippen LogP contribution is 2.34. The van der Waals surface area contributed by atoms with Gasteiger partial charge < -0.3 is 10.2 Å². The molecule has 0 aromatic heterocycles. The first-order chi connectivity index (χ1) is 13.0. The van der Waals surface area contributed by atoms with Crippen molar-refractivity contribution in [3.05, 3.63) is 70.8 Å². The first kappa shape index (κ1) is 17.9. The molecule has 0 bridgehead atoms. The highest BCUT2D eigenvalue weighted by atomic mass is 35.5. The minimum Gasteiger partial charge on any atom is -0.324 e. The van der Waals surface area contributed by atoms with Crippen LogP contribution in [0.1, 0.15) is 24.0 Å². The van der Waals surface area contributed by atoms with E-state index in [-0.39, 0.29) is 11.6 Å². The molecule has 2 aromatic carbocycles. The van der Waals surface area contributed by atoms with Crippen LogP contribution in [-0.2, 0) is 4.84 Å². The van der Waals surface area contributed by atoms with E-state index in [0.29, 0.717) is 18.1 Å². The van der Waals surface area contributed by atoms with E-state index < -0.39 is 0 Å².